The zero-order valence-electron chi connectivity index (χ0n) is 14.8. The van der Waals surface area contributed by atoms with E-state index in [1.807, 2.05) is 31.3 Å². The van der Waals surface area contributed by atoms with Gasteiger partial charge < -0.3 is 19.7 Å². The largest absolute Gasteiger partial charge is 0.496 e. The number of methoxy groups -OCH3 is 1. The number of ether oxygens (including phenoxy) is 2. The van der Waals surface area contributed by atoms with Crippen LogP contribution in [-0.2, 0) is 19.5 Å². The average molecular weight is 327 g/mol. The van der Waals surface area contributed by atoms with Gasteiger partial charge in [-0.1, -0.05) is 6.07 Å². The van der Waals surface area contributed by atoms with Crippen molar-refractivity contribution in [2.24, 2.45) is 0 Å². The Balaban J connectivity index is 1.63. The van der Waals surface area contributed by atoms with E-state index in [1.165, 1.54) is 5.56 Å². The second-order valence-corrected chi connectivity index (χ2v) is 6.43. The van der Waals surface area contributed by atoms with E-state index in [2.05, 4.69) is 35.4 Å². The van der Waals surface area contributed by atoms with Crippen LogP contribution in [0.4, 0.5) is 5.82 Å². The zero-order chi connectivity index (χ0) is 17.1. The molecule has 3 rings (SSSR count). The normalized spacial score (nSPS) is 15.8. The summed E-state index contributed by atoms with van der Waals surface area (Å²) < 4.78 is 11.4. The lowest BCUT2D eigenvalue weighted by Crippen LogP contribution is -2.15. The molecule has 5 nitrogen and oxygen atoms in total. The summed E-state index contributed by atoms with van der Waals surface area (Å²) in [6, 6.07) is 8.32. The fourth-order valence-corrected chi connectivity index (χ4v) is 2.94. The minimum absolute atomic E-state index is 0.245. The van der Waals surface area contributed by atoms with E-state index in [9.17, 15) is 0 Å². The molecule has 5 heteroatoms. The Hall–Kier alpha value is -2.27. The summed E-state index contributed by atoms with van der Waals surface area (Å²) >= 11 is 0. The summed E-state index contributed by atoms with van der Waals surface area (Å²) in [6.07, 6.45) is 3.10. The Labute approximate surface area is 143 Å². The molecule has 1 aromatic carbocycles. The lowest BCUT2D eigenvalue weighted by molar-refractivity contribution is 0.254. The van der Waals surface area contributed by atoms with Crippen LogP contribution >= 0.6 is 0 Å². The molecule has 1 aliphatic rings. The average Bonchev–Trinajstić information content (AvgIpc) is 2.93. The molecule has 0 bridgehead atoms. The van der Waals surface area contributed by atoms with Gasteiger partial charge in [0.05, 0.1) is 7.11 Å². The number of fused-ring (bicyclic) bond motifs is 1. The summed E-state index contributed by atoms with van der Waals surface area (Å²) in [6.45, 7) is 3.58. The van der Waals surface area contributed by atoms with Crippen molar-refractivity contribution in [1.82, 2.24) is 10.3 Å². The third kappa shape index (κ3) is 3.62. The molecular weight excluding hydrogens is 302 g/mol. The number of hydrogen-bond donors (Lipinski definition) is 1. The molecule has 128 valence electrons. The van der Waals surface area contributed by atoms with Gasteiger partial charge in [-0.2, -0.15) is 0 Å². The Bertz CT molecular complexity index is 699. The maximum absolute atomic E-state index is 5.85. The molecule has 0 radical (unpaired) electrons. The molecule has 1 N–H and O–H groups in total. The van der Waals surface area contributed by atoms with Crippen molar-refractivity contribution < 1.29 is 9.47 Å². The van der Waals surface area contributed by atoms with Crippen molar-refractivity contribution >= 4 is 5.82 Å². The van der Waals surface area contributed by atoms with Crippen LogP contribution in [0.2, 0.25) is 0 Å². The Kier molecular flexibility index (Phi) is 4.90. The number of benzene rings is 1. The number of hydrogen-bond acceptors (Lipinski definition) is 5. The summed E-state index contributed by atoms with van der Waals surface area (Å²) in [7, 11) is 5.70. The van der Waals surface area contributed by atoms with Crippen LogP contribution in [0.3, 0.4) is 0 Å². The number of nitrogens with zero attached hydrogens (tertiary/aromatic N) is 2. The molecule has 0 spiro atoms. The smallest absolute Gasteiger partial charge is 0.127 e. The van der Waals surface area contributed by atoms with Gasteiger partial charge in [0.1, 0.15) is 23.4 Å². The highest BCUT2D eigenvalue weighted by Crippen LogP contribution is 2.34. The van der Waals surface area contributed by atoms with Crippen molar-refractivity contribution in [1.29, 1.82) is 0 Å². The molecule has 24 heavy (non-hydrogen) atoms. The first kappa shape index (κ1) is 16.6. The molecule has 0 fully saturated rings. The fourth-order valence-electron chi connectivity index (χ4n) is 2.94. The van der Waals surface area contributed by atoms with Crippen LogP contribution in [0.1, 0.15) is 23.6 Å². The molecule has 1 atom stereocenters. The Morgan fingerprint density at radius 3 is 2.79 bits per heavy atom. The van der Waals surface area contributed by atoms with Gasteiger partial charge in [-0.15, -0.1) is 0 Å². The third-order valence-corrected chi connectivity index (χ3v) is 4.21. The molecule has 0 saturated heterocycles. The van der Waals surface area contributed by atoms with E-state index in [0.717, 1.165) is 48.0 Å². The first-order valence-corrected chi connectivity index (χ1v) is 8.26. The van der Waals surface area contributed by atoms with Gasteiger partial charge in [0, 0.05) is 50.9 Å². The molecule has 0 aliphatic carbocycles. The van der Waals surface area contributed by atoms with Gasteiger partial charge in [-0.3, -0.25) is 0 Å². The minimum atomic E-state index is 0.245. The van der Waals surface area contributed by atoms with Gasteiger partial charge in [-0.05, 0) is 30.7 Å². The van der Waals surface area contributed by atoms with Crippen LogP contribution in [0.25, 0.3) is 0 Å². The van der Waals surface area contributed by atoms with Gasteiger partial charge in [-0.25, -0.2) is 4.98 Å². The Morgan fingerprint density at radius 2 is 2.12 bits per heavy atom. The van der Waals surface area contributed by atoms with Crippen LogP contribution in [0, 0.1) is 0 Å². The standard InChI is InChI=1S/C19H25N3O2/c1-13-7-15-8-17(23-4)16(9-18(15)24-13)12-20-10-14-5-6-19(21-11-14)22(2)3/h5-6,8-9,11,13,20H,7,10,12H2,1-4H3/t13-/m1/s1. The maximum atomic E-state index is 5.85. The number of rotatable bonds is 6. The predicted octanol–water partition coefficient (Wildman–Crippen LogP) is 2.77. The third-order valence-electron chi connectivity index (χ3n) is 4.21. The molecule has 1 aliphatic heterocycles. The van der Waals surface area contributed by atoms with E-state index in [4.69, 9.17) is 9.47 Å². The number of pyridine rings is 1. The van der Waals surface area contributed by atoms with Crippen molar-refractivity contribution in [3.05, 3.63) is 47.2 Å². The molecule has 0 amide bonds. The maximum Gasteiger partial charge on any atom is 0.127 e. The predicted molar refractivity (Wildman–Crippen MR) is 95.9 cm³/mol. The van der Waals surface area contributed by atoms with E-state index < -0.39 is 0 Å². The van der Waals surface area contributed by atoms with Crippen molar-refractivity contribution in [3.63, 3.8) is 0 Å². The number of aromatic nitrogens is 1. The summed E-state index contributed by atoms with van der Waals surface area (Å²) in [4.78, 5) is 6.43. The van der Waals surface area contributed by atoms with E-state index >= 15 is 0 Å². The van der Waals surface area contributed by atoms with Crippen LogP contribution in [-0.4, -0.2) is 32.3 Å². The first-order chi connectivity index (χ1) is 11.6. The topological polar surface area (TPSA) is 46.6 Å². The lowest BCUT2D eigenvalue weighted by Gasteiger charge is -2.13. The fraction of sp³-hybridized carbons (Fsp3) is 0.421. The second-order valence-electron chi connectivity index (χ2n) is 6.43. The van der Waals surface area contributed by atoms with Gasteiger partial charge in [0.2, 0.25) is 0 Å². The molecule has 1 aromatic heterocycles. The summed E-state index contributed by atoms with van der Waals surface area (Å²) in [5.41, 5.74) is 3.50. The second kappa shape index (κ2) is 7.09. The lowest BCUT2D eigenvalue weighted by atomic mass is 10.1. The zero-order valence-corrected chi connectivity index (χ0v) is 14.8. The molecule has 0 unspecified atom stereocenters. The van der Waals surface area contributed by atoms with Crippen LogP contribution in [0.5, 0.6) is 11.5 Å². The van der Waals surface area contributed by atoms with Gasteiger partial charge in [0.25, 0.3) is 0 Å². The van der Waals surface area contributed by atoms with Crippen molar-refractivity contribution in [2.75, 3.05) is 26.1 Å². The van der Waals surface area contributed by atoms with E-state index in [-0.39, 0.29) is 6.10 Å². The highest BCUT2D eigenvalue weighted by molar-refractivity contribution is 5.48. The molecular formula is C19H25N3O2. The Morgan fingerprint density at radius 1 is 1.29 bits per heavy atom. The molecule has 2 aromatic rings. The minimum Gasteiger partial charge on any atom is -0.496 e. The summed E-state index contributed by atoms with van der Waals surface area (Å²) in [5.74, 6) is 2.86. The van der Waals surface area contributed by atoms with Crippen molar-refractivity contribution in [3.8, 4) is 11.5 Å². The molecule has 2 heterocycles. The number of anilines is 1. The monoisotopic (exact) mass is 327 g/mol. The van der Waals surface area contributed by atoms with Gasteiger partial charge >= 0.3 is 0 Å². The first-order valence-electron chi connectivity index (χ1n) is 8.26. The van der Waals surface area contributed by atoms with E-state index in [1.54, 1.807) is 7.11 Å². The summed E-state index contributed by atoms with van der Waals surface area (Å²) in [5, 5.41) is 3.45. The van der Waals surface area contributed by atoms with Crippen LogP contribution < -0.4 is 19.7 Å². The van der Waals surface area contributed by atoms with Gasteiger partial charge in [0.15, 0.2) is 0 Å². The number of nitrogens with one attached hydrogen (secondary N) is 1. The quantitative estimate of drug-likeness (QED) is 0.884. The highest BCUT2D eigenvalue weighted by atomic mass is 16.5. The molecule has 0 saturated carbocycles. The highest BCUT2D eigenvalue weighted by Gasteiger charge is 2.21. The SMILES string of the molecule is COc1cc2c(cc1CNCc1ccc(N(C)C)nc1)O[C@H](C)C2. The van der Waals surface area contributed by atoms with E-state index in [0.29, 0.717) is 0 Å². The van der Waals surface area contributed by atoms with Crippen LogP contribution in [0.15, 0.2) is 30.5 Å². The van der Waals surface area contributed by atoms with Crippen molar-refractivity contribution in [2.45, 2.75) is 32.5 Å².